The Morgan fingerprint density at radius 3 is 2.53 bits per heavy atom. The standard InChI is InChI=1S/C15H12FNO2/c1-10-15(18)17(12-8-6-11(16)7-9-12)13-4-2-3-5-14(13)19-10/h2-10H,1H3. The number of hydrogen-bond acceptors (Lipinski definition) is 2. The minimum Gasteiger partial charge on any atom is -0.479 e. The summed E-state index contributed by atoms with van der Waals surface area (Å²) in [6, 6.07) is 13.2. The molecule has 0 bridgehead atoms. The zero-order valence-corrected chi connectivity index (χ0v) is 10.3. The van der Waals surface area contributed by atoms with Crippen molar-refractivity contribution in [3.63, 3.8) is 0 Å². The monoisotopic (exact) mass is 257 g/mol. The van der Waals surface area contributed by atoms with Crippen LogP contribution < -0.4 is 9.64 Å². The van der Waals surface area contributed by atoms with Crippen LogP contribution in [-0.2, 0) is 4.79 Å². The van der Waals surface area contributed by atoms with Crippen LogP contribution in [0.2, 0.25) is 0 Å². The van der Waals surface area contributed by atoms with E-state index in [1.54, 1.807) is 24.0 Å². The molecule has 4 heteroatoms. The highest BCUT2D eigenvalue weighted by Gasteiger charge is 2.32. The summed E-state index contributed by atoms with van der Waals surface area (Å²) in [4.78, 5) is 13.8. The van der Waals surface area contributed by atoms with Gasteiger partial charge in [0.2, 0.25) is 0 Å². The van der Waals surface area contributed by atoms with Gasteiger partial charge < -0.3 is 4.74 Å². The second-order valence-corrected chi connectivity index (χ2v) is 4.38. The Balaban J connectivity index is 2.13. The summed E-state index contributed by atoms with van der Waals surface area (Å²) in [7, 11) is 0. The van der Waals surface area contributed by atoms with Gasteiger partial charge in [0.05, 0.1) is 5.69 Å². The first-order valence-electron chi connectivity index (χ1n) is 6.02. The van der Waals surface area contributed by atoms with Gasteiger partial charge in [-0.2, -0.15) is 0 Å². The fourth-order valence-electron chi connectivity index (χ4n) is 2.14. The van der Waals surface area contributed by atoms with Crippen LogP contribution in [0.5, 0.6) is 5.75 Å². The Hall–Kier alpha value is -2.36. The summed E-state index contributed by atoms with van der Waals surface area (Å²) < 4.78 is 18.5. The maximum Gasteiger partial charge on any atom is 0.272 e. The van der Waals surface area contributed by atoms with Crippen LogP contribution in [0.3, 0.4) is 0 Å². The number of nitrogens with zero attached hydrogens (tertiary/aromatic N) is 1. The maximum absolute atomic E-state index is 13.0. The van der Waals surface area contributed by atoms with E-state index in [0.717, 1.165) is 0 Å². The number of rotatable bonds is 1. The molecular weight excluding hydrogens is 245 g/mol. The van der Waals surface area contributed by atoms with Gasteiger partial charge in [-0.1, -0.05) is 12.1 Å². The number of fused-ring (bicyclic) bond motifs is 1. The second kappa shape index (κ2) is 4.39. The van der Waals surface area contributed by atoms with Gasteiger partial charge in [0.1, 0.15) is 11.6 Å². The molecular formula is C15H12FNO2. The number of carbonyl (C=O) groups is 1. The molecule has 1 aliphatic rings. The molecule has 0 aromatic heterocycles. The van der Waals surface area contributed by atoms with E-state index < -0.39 is 6.10 Å². The first-order valence-corrected chi connectivity index (χ1v) is 6.02. The molecule has 2 aromatic rings. The largest absolute Gasteiger partial charge is 0.479 e. The first-order chi connectivity index (χ1) is 9.16. The Kier molecular flexibility index (Phi) is 2.71. The van der Waals surface area contributed by atoms with Crippen LogP contribution in [0, 0.1) is 5.82 Å². The molecule has 1 amide bonds. The number of anilines is 2. The van der Waals surface area contributed by atoms with E-state index in [1.165, 1.54) is 12.1 Å². The maximum atomic E-state index is 13.0. The summed E-state index contributed by atoms with van der Waals surface area (Å²) in [5, 5.41) is 0. The van der Waals surface area contributed by atoms with Crippen LogP contribution >= 0.6 is 0 Å². The van der Waals surface area contributed by atoms with Crippen molar-refractivity contribution in [1.82, 2.24) is 0 Å². The first kappa shape index (κ1) is 11.7. The molecule has 0 N–H and O–H groups in total. The molecule has 1 unspecified atom stereocenters. The SMILES string of the molecule is CC1Oc2ccccc2N(c2ccc(F)cc2)C1=O. The van der Waals surface area contributed by atoms with Crippen LogP contribution in [-0.4, -0.2) is 12.0 Å². The summed E-state index contributed by atoms with van der Waals surface area (Å²) >= 11 is 0. The molecule has 1 aliphatic heterocycles. The van der Waals surface area contributed by atoms with E-state index in [0.29, 0.717) is 17.1 Å². The van der Waals surface area contributed by atoms with Crippen molar-refractivity contribution < 1.29 is 13.9 Å². The summed E-state index contributed by atoms with van der Waals surface area (Å²) in [5.74, 6) is 0.162. The molecule has 0 saturated heterocycles. The van der Waals surface area contributed by atoms with Crippen molar-refractivity contribution in [1.29, 1.82) is 0 Å². The van der Waals surface area contributed by atoms with E-state index >= 15 is 0 Å². The smallest absolute Gasteiger partial charge is 0.272 e. The van der Waals surface area contributed by atoms with Crippen LogP contribution in [0.25, 0.3) is 0 Å². The molecule has 0 fully saturated rings. The Morgan fingerprint density at radius 2 is 1.79 bits per heavy atom. The van der Waals surface area contributed by atoms with Gasteiger partial charge in [-0.3, -0.25) is 9.69 Å². The van der Waals surface area contributed by atoms with Gasteiger partial charge in [0.15, 0.2) is 6.10 Å². The molecule has 0 radical (unpaired) electrons. The average molecular weight is 257 g/mol. The predicted molar refractivity (Wildman–Crippen MR) is 70.1 cm³/mol. The molecule has 19 heavy (non-hydrogen) atoms. The minimum atomic E-state index is -0.556. The third-order valence-corrected chi connectivity index (χ3v) is 3.06. The Bertz CT molecular complexity index is 624. The van der Waals surface area contributed by atoms with Gasteiger partial charge >= 0.3 is 0 Å². The number of ether oxygens (including phenoxy) is 1. The van der Waals surface area contributed by atoms with Gasteiger partial charge in [0.25, 0.3) is 5.91 Å². The predicted octanol–water partition coefficient (Wildman–Crippen LogP) is 3.27. The average Bonchev–Trinajstić information content (AvgIpc) is 2.42. The minimum absolute atomic E-state index is 0.162. The van der Waals surface area contributed by atoms with Crippen LogP contribution in [0.1, 0.15) is 6.92 Å². The highest BCUT2D eigenvalue weighted by molar-refractivity contribution is 6.05. The molecule has 3 nitrogen and oxygen atoms in total. The molecule has 0 spiro atoms. The summed E-state index contributed by atoms with van der Waals surface area (Å²) in [6.45, 7) is 1.70. The van der Waals surface area contributed by atoms with Gasteiger partial charge in [-0.05, 0) is 43.3 Å². The normalized spacial score (nSPS) is 17.9. The summed E-state index contributed by atoms with van der Waals surface area (Å²) in [5.41, 5.74) is 1.31. The summed E-state index contributed by atoms with van der Waals surface area (Å²) in [6.07, 6.45) is -0.556. The number of amides is 1. The lowest BCUT2D eigenvalue weighted by atomic mass is 10.1. The number of hydrogen-bond donors (Lipinski definition) is 0. The van der Waals surface area contributed by atoms with Gasteiger partial charge in [-0.25, -0.2) is 4.39 Å². The third-order valence-electron chi connectivity index (χ3n) is 3.06. The van der Waals surface area contributed by atoms with Gasteiger partial charge in [-0.15, -0.1) is 0 Å². The van der Waals surface area contributed by atoms with Crippen LogP contribution in [0.4, 0.5) is 15.8 Å². The molecule has 0 aliphatic carbocycles. The van der Waals surface area contributed by atoms with E-state index in [2.05, 4.69) is 0 Å². The molecule has 0 saturated carbocycles. The fraction of sp³-hybridized carbons (Fsp3) is 0.133. The van der Waals surface area contributed by atoms with Crippen molar-refractivity contribution in [2.75, 3.05) is 4.90 Å². The lowest BCUT2D eigenvalue weighted by molar-refractivity contribution is -0.124. The molecule has 1 heterocycles. The second-order valence-electron chi connectivity index (χ2n) is 4.38. The molecule has 96 valence electrons. The number of halogens is 1. The highest BCUT2D eigenvalue weighted by atomic mass is 19.1. The number of benzene rings is 2. The number of para-hydroxylation sites is 2. The van der Waals surface area contributed by atoms with Crippen molar-refractivity contribution in [3.05, 3.63) is 54.3 Å². The topological polar surface area (TPSA) is 29.5 Å². The molecule has 1 atom stereocenters. The van der Waals surface area contributed by atoms with Crippen molar-refractivity contribution in [2.24, 2.45) is 0 Å². The van der Waals surface area contributed by atoms with Gasteiger partial charge in [0, 0.05) is 5.69 Å². The third kappa shape index (κ3) is 1.95. The Morgan fingerprint density at radius 1 is 1.11 bits per heavy atom. The Labute approximate surface area is 110 Å². The highest BCUT2D eigenvalue weighted by Crippen LogP contribution is 2.38. The zero-order valence-electron chi connectivity index (χ0n) is 10.3. The quantitative estimate of drug-likeness (QED) is 0.784. The van der Waals surface area contributed by atoms with E-state index in [-0.39, 0.29) is 11.7 Å². The van der Waals surface area contributed by atoms with Crippen molar-refractivity contribution in [3.8, 4) is 5.75 Å². The van der Waals surface area contributed by atoms with Crippen molar-refractivity contribution in [2.45, 2.75) is 13.0 Å². The van der Waals surface area contributed by atoms with E-state index in [4.69, 9.17) is 4.74 Å². The molecule has 2 aromatic carbocycles. The van der Waals surface area contributed by atoms with Crippen LogP contribution in [0.15, 0.2) is 48.5 Å². The van der Waals surface area contributed by atoms with E-state index in [9.17, 15) is 9.18 Å². The van der Waals surface area contributed by atoms with Crippen molar-refractivity contribution >= 4 is 17.3 Å². The van der Waals surface area contributed by atoms with E-state index in [1.807, 2.05) is 24.3 Å². The lowest BCUT2D eigenvalue weighted by Crippen LogP contribution is -2.41. The zero-order chi connectivity index (χ0) is 13.4. The lowest BCUT2D eigenvalue weighted by Gasteiger charge is -2.32. The molecule has 3 rings (SSSR count). The number of carbonyl (C=O) groups excluding carboxylic acids is 1. The fourth-order valence-corrected chi connectivity index (χ4v) is 2.14.